The minimum absolute atomic E-state index is 0.00449. The first-order valence-electron chi connectivity index (χ1n) is 26.2. The van der Waals surface area contributed by atoms with Gasteiger partial charge in [0.25, 0.3) is 0 Å². The molecule has 2 aliphatic rings. The summed E-state index contributed by atoms with van der Waals surface area (Å²) in [6.45, 7) is 16.3. The third-order valence-electron chi connectivity index (χ3n) is 12.2. The van der Waals surface area contributed by atoms with Crippen LogP contribution in [0.25, 0.3) is 0 Å². The molecule has 2 atom stereocenters. The van der Waals surface area contributed by atoms with Gasteiger partial charge in [-0.1, -0.05) is 64.1 Å². The van der Waals surface area contributed by atoms with Gasteiger partial charge >= 0.3 is 18.3 Å². The van der Waals surface area contributed by atoms with E-state index in [1.165, 1.54) is 21.1 Å². The molecular weight excluding hydrogens is 949 g/mol. The number of benzene rings is 2. The molecule has 2 unspecified atom stereocenters. The van der Waals surface area contributed by atoms with Gasteiger partial charge in [-0.3, -0.25) is 14.4 Å². The van der Waals surface area contributed by atoms with E-state index in [2.05, 4.69) is 73.3 Å². The van der Waals surface area contributed by atoms with E-state index < -0.39 is 12.2 Å². The number of carbonyl (C=O) groups excluding carboxylic acids is 6. The number of allylic oxidation sites excluding steroid dienone is 4. The van der Waals surface area contributed by atoms with Crippen LogP contribution in [0, 0.1) is 11.8 Å². The number of nitrogens with zero attached hydrogens (tertiary/aromatic N) is 4. The Kier molecular flexibility index (Phi) is 28.6. The van der Waals surface area contributed by atoms with E-state index in [9.17, 15) is 28.8 Å². The summed E-state index contributed by atoms with van der Waals surface area (Å²) in [5.41, 5.74) is 1.69. The van der Waals surface area contributed by atoms with Gasteiger partial charge < -0.3 is 64.6 Å². The first kappa shape index (κ1) is 62.0. The van der Waals surface area contributed by atoms with Crippen molar-refractivity contribution in [1.82, 2.24) is 40.9 Å². The molecule has 4 N–H and O–H groups in total. The Morgan fingerprint density at radius 3 is 1.43 bits per heavy atom. The minimum Gasteiger partial charge on any atom is -0.493 e. The quantitative estimate of drug-likeness (QED) is 0.0570. The molecule has 19 heteroatoms. The van der Waals surface area contributed by atoms with Crippen molar-refractivity contribution in [2.75, 3.05) is 87.3 Å². The van der Waals surface area contributed by atoms with Gasteiger partial charge in [0.05, 0.1) is 32.9 Å². The molecule has 0 radical (unpaired) electrons. The number of methoxy groups -OCH3 is 2. The van der Waals surface area contributed by atoms with Crippen molar-refractivity contribution >= 4 is 36.0 Å². The van der Waals surface area contributed by atoms with E-state index >= 15 is 0 Å². The van der Waals surface area contributed by atoms with E-state index in [4.69, 9.17) is 23.7 Å². The predicted octanol–water partition coefficient (Wildman–Crippen LogP) is 7.28. The highest BCUT2D eigenvalue weighted by Gasteiger charge is 2.35. The van der Waals surface area contributed by atoms with Gasteiger partial charge in [-0.05, 0) is 107 Å². The highest BCUT2D eigenvalue weighted by Crippen LogP contribution is 2.31. The summed E-state index contributed by atoms with van der Waals surface area (Å²) < 4.78 is 27.3. The zero-order valence-electron chi connectivity index (χ0n) is 45.8. The molecule has 4 rings (SSSR count). The lowest BCUT2D eigenvalue weighted by Gasteiger charge is -2.40. The molecule has 19 nitrogen and oxygen atoms in total. The molecule has 2 aromatic rings. The lowest BCUT2D eigenvalue weighted by atomic mass is 10.1. The summed E-state index contributed by atoms with van der Waals surface area (Å²) in [4.78, 5) is 80.9. The highest BCUT2D eigenvalue weighted by atomic mass is 16.6. The molecule has 2 heterocycles. The maximum Gasteiger partial charge on any atom is 0.415 e. The van der Waals surface area contributed by atoms with Crippen LogP contribution in [0.5, 0.6) is 23.0 Å². The SMILES string of the molecule is CCOC(=O)N1CCN(C(=O)Oc2ccc(CNC(=O)CCCC/C=C/C(C)C)cc2OC)C(CNC)C1.CNCC1CN(C(C)=O)CCN1C(=O)Oc1ccc(CNC(=O)CCCC/C=C/C(C)C)cc1OC. The summed E-state index contributed by atoms with van der Waals surface area (Å²) in [5, 5.41) is 12.0. The number of ether oxygens (including phenoxy) is 5. The maximum atomic E-state index is 13.0. The summed E-state index contributed by atoms with van der Waals surface area (Å²) in [6.07, 6.45) is 14.0. The predicted molar refractivity (Wildman–Crippen MR) is 286 cm³/mol. The van der Waals surface area contributed by atoms with Gasteiger partial charge in [0, 0.05) is 85.2 Å². The molecule has 74 heavy (non-hydrogen) atoms. The van der Waals surface area contributed by atoms with Gasteiger partial charge in [0.15, 0.2) is 23.0 Å². The van der Waals surface area contributed by atoms with Crippen molar-refractivity contribution in [3.05, 3.63) is 71.8 Å². The molecule has 2 fully saturated rings. The molecule has 412 valence electrons. The number of amides is 6. The molecule has 0 bridgehead atoms. The van der Waals surface area contributed by atoms with Gasteiger partial charge in [-0.2, -0.15) is 0 Å². The van der Waals surface area contributed by atoms with Gasteiger partial charge in [0.2, 0.25) is 17.7 Å². The summed E-state index contributed by atoms with van der Waals surface area (Å²) >= 11 is 0. The average molecular weight is 1040 g/mol. The van der Waals surface area contributed by atoms with Crippen LogP contribution in [-0.2, 0) is 32.2 Å². The minimum atomic E-state index is -0.517. The Bertz CT molecular complexity index is 2130. The molecule has 2 aliphatic heterocycles. The molecule has 0 spiro atoms. The molecule has 0 aromatic heterocycles. The zero-order chi connectivity index (χ0) is 54.4. The first-order valence-corrected chi connectivity index (χ1v) is 26.2. The van der Waals surface area contributed by atoms with Crippen molar-refractivity contribution in [2.45, 2.75) is 118 Å². The molecule has 0 aliphatic carbocycles. The number of likely N-dealkylation sites (N-methyl/N-ethyl adjacent to an activating group) is 2. The van der Waals surface area contributed by atoms with E-state index in [1.54, 1.807) is 70.0 Å². The van der Waals surface area contributed by atoms with Crippen molar-refractivity contribution in [2.24, 2.45) is 11.8 Å². The van der Waals surface area contributed by atoms with Crippen LogP contribution in [0.1, 0.15) is 104 Å². The van der Waals surface area contributed by atoms with Crippen molar-refractivity contribution in [3.63, 3.8) is 0 Å². The van der Waals surface area contributed by atoms with Crippen LogP contribution >= 0.6 is 0 Å². The molecule has 0 saturated carbocycles. The molecule has 2 saturated heterocycles. The third kappa shape index (κ3) is 22.4. The van der Waals surface area contributed by atoms with Gasteiger partial charge in [-0.25, -0.2) is 14.4 Å². The Morgan fingerprint density at radius 2 is 1.04 bits per heavy atom. The van der Waals surface area contributed by atoms with Crippen LogP contribution in [-0.4, -0.2) is 155 Å². The number of carbonyl (C=O) groups is 6. The monoisotopic (exact) mass is 1030 g/mol. The van der Waals surface area contributed by atoms with Crippen LogP contribution in [0.3, 0.4) is 0 Å². The summed E-state index contributed by atoms with van der Waals surface area (Å²) in [6, 6.07) is 10.0. The number of hydrogen-bond acceptors (Lipinski definition) is 13. The fraction of sp³-hybridized carbons (Fsp3) is 0.600. The normalized spacial score (nSPS) is 15.7. The summed E-state index contributed by atoms with van der Waals surface area (Å²) in [5.74, 6) is 2.53. The lowest BCUT2D eigenvalue weighted by molar-refractivity contribution is -0.131. The largest absolute Gasteiger partial charge is 0.493 e. The summed E-state index contributed by atoms with van der Waals surface area (Å²) in [7, 11) is 6.61. The Balaban J connectivity index is 0.000000391. The maximum absolute atomic E-state index is 13.0. The van der Waals surface area contributed by atoms with Crippen LogP contribution in [0.2, 0.25) is 0 Å². The van der Waals surface area contributed by atoms with Gasteiger partial charge in [-0.15, -0.1) is 0 Å². The van der Waals surface area contributed by atoms with Crippen LogP contribution in [0.15, 0.2) is 60.7 Å². The molecule has 2 aromatic carbocycles. The van der Waals surface area contributed by atoms with E-state index in [0.29, 0.717) is 114 Å². The smallest absolute Gasteiger partial charge is 0.415 e. The lowest BCUT2D eigenvalue weighted by Crippen LogP contribution is -2.59. The second-order valence-corrected chi connectivity index (χ2v) is 19.0. The number of unbranched alkanes of at least 4 members (excludes halogenated alkanes) is 4. The fourth-order valence-electron chi connectivity index (χ4n) is 8.21. The second kappa shape index (κ2) is 34.2. The number of hydrogen-bond donors (Lipinski definition) is 4. The van der Waals surface area contributed by atoms with Crippen molar-refractivity contribution in [1.29, 1.82) is 0 Å². The van der Waals surface area contributed by atoms with E-state index in [1.807, 2.05) is 7.05 Å². The first-order chi connectivity index (χ1) is 35.5. The van der Waals surface area contributed by atoms with Crippen LogP contribution < -0.4 is 40.2 Å². The Labute approximate surface area is 440 Å². The Hall–Kier alpha value is -6.34. The van der Waals surface area contributed by atoms with Crippen LogP contribution in [0.4, 0.5) is 14.4 Å². The van der Waals surface area contributed by atoms with Crippen molar-refractivity contribution < 1.29 is 52.5 Å². The number of piperazine rings is 2. The Morgan fingerprint density at radius 1 is 0.608 bits per heavy atom. The number of rotatable bonds is 25. The van der Waals surface area contributed by atoms with E-state index in [-0.39, 0.29) is 41.6 Å². The zero-order valence-corrected chi connectivity index (χ0v) is 45.8. The average Bonchev–Trinajstić information content (AvgIpc) is 3.37. The standard InChI is InChI=1S/C28H44N4O6.C27H42N4O5/c1-6-37-27(34)31-15-16-32(23(20-31)19-29-4)28(35)38-24-14-13-22(17-25(24)36-5)18-30-26(33)12-10-8-7-9-11-21(2)3;1-20(2)10-8-6-7-9-11-26(33)29-17-22-12-13-24(25(16-22)35-5)36-27(34)31-15-14-30(21(3)32)19-23(31)18-28-4/h9,11,13-14,17,21,23,29H,6-8,10,12,15-16,18-20H2,1-5H3,(H,30,33);8,10,12-13,16,20,23,28H,6-7,9,11,14-15,17-19H2,1-5H3,(H,29,33)/b11-9+;10-8+. The topological polar surface area (TPSA) is 210 Å². The third-order valence-corrected chi connectivity index (χ3v) is 12.2. The molecule has 6 amide bonds. The van der Waals surface area contributed by atoms with Crippen molar-refractivity contribution in [3.8, 4) is 23.0 Å². The highest BCUT2D eigenvalue weighted by molar-refractivity contribution is 5.77. The molecular formula is C55H86N8O11. The number of nitrogens with one attached hydrogen (secondary N) is 4. The fourth-order valence-corrected chi connectivity index (χ4v) is 8.21. The van der Waals surface area contributed by atoms with E-state index in [0.717, 1.165) is 49.7 Å². The van der Waals surface area contributed by atoms with Gasteiger partial charge in [0.1, 0.15) is 0 Å². The second-order valence-electron chi connectivity index (χ2n) is 19.0.